The van der Waals surface area contributed by atoms with Crippen molar-refractivity contribution in [2.24, 2.45) is 0 Å². The van der Waals surface area contributed by atoms with Crippen molar-refractivity contribution >= 4 is 11.9 Å². The highest BCUT2D eigenvalue weighted by Gasteiger charge is 2.30. The Bertz CT molecular complexity index is 762. The third-order valence-corrected chi connectivity index (χ3v) is 4.97. The number of nitrogens with one attached hydrogen (secondary N) is 1. The predicted molar refractivity (Wildman–Crippen MR) is 97.9 cm³/mol. The van der Waals surface area contributed by atoms with Crippen LogP contribution < -0.4 is 5.32 Å². The van der Waals surface area contributed by atoms with Gasteiger partial charge in [-0.25, -0.2) is 4.79 Å². The first-order chi connectivity index (χ1) is 12.5. The third-order valence-electron chi connectivity index (χ3n) is 4.97. The third kappa shape index (κ3) is 4.26. The summed E-state index contributed by atoms with van der Waals surface area (Å²) in [5.41, 5.74) is 2.35. The molecule has 2 unspecified atom stereocenters. The molecule has 26 heavy (non-hydrogen) atoms. The molecule has 3 rings (SSSR count). The first kappa shape index (κ1) is 18.1. The Kier molecular flexibility index (Phi) is 5.63. The van der Waals surface area contributed by atoms with Crippen LogP contribution in [-0.2, 0) is 11.3 Å². The van der Waals surface area contributed by atoms with Crippen molar-refractivity contribution in [3.63, 3.8) is 0 Å². The van der Waals surface area contributed by atoms with Crippen molar-refractivity contribution in [1.82, 2.24) is 15.2 Å². The van der Waals surface area contributed by atoms with Crippen LogP contribution in [0.2, 0.25) is 0 Å². The summed E-state index contributed by atoms with van der Waals surface area (Å²) < 4.78 is 0. The van der Waals surface area contributed by atoms with Crippen LogP contribution in [0.4, 0.5) is 0 Å². The maximum Gasteiger partial charge on any atom is 0.335 e. The van der Waals surface area contributed by atoms with E-state index in [0.29, 0.717) is 12.5 Å². The molecule has 2 atom stereocenters. The van der Waals surface area contributed by atoms with Gasteiger partial charge in [0.2, 0.25) is 5.91 Å². The van der Waals surface area contributed by atoms with E-state index in [1.54, 1.807) is 30.5 Å². The van der Waals surface area contributed by atoms with Crippen LogP contribution in [0.3, 0.4) is 0 Å². The lowest BCUT2D eigenvalue weighted by Crippen LogP contribution is -2.43. The van der Waals surface area contributed by atoms with E-state index >= 15 is 0 Å². The Balaban J connectivity index is 1.51. The molecule has 136 valence electrons. The van der Waals surface area contributed by atoms with Crippen LogP contribution in [0.1, 0.15) is 40.7 Å². The first-order valence-electron chi connectivity index (χ1n) is 8.78. The molecule has 0 bridgehead atoms. The zero-order valence-electron chi connectivity index (χ0n) is 14.8. The van der Waals surface area contributed by atoms with Crippen LogP contribution in [0.25, 0.3) is 0 Å². The number of carboxylic acid groups (broad SMARTS) is 1. The van der Waals surface area contributed by atoms with Gasteiger partial charge >= 0.3 is 5.97 Å². The van der Waals surface area contributed by atoms with Crippen molar-refractivity contribution in [2.45, 2.75) is 31.8 Å². The van der Waals surface area contributed by atoms with Crippen molar-refractivity contribution < 1.29 is 14.7 Å². The van der Waals surface area contributed by atoms with E-state index in [2.05, 4.69) is 21.3 Å². The van der Waals surface area contributed by atoms with E-state index < -0.39 is 5.97 Å². The number of aromatic nitrogens is 1. The van der Waals surface area contributed by atoms with E-state index in [1.807, 2.05) is 19.2 Å². The van der Waals surface area contributed by atoms with Gasteiger partial charge in [-0.3, -0.25) is 14.7 Å². The normalized spacial score (nSPS) is 18.4. The molecule has 0 aliphatic carbocycles. The predicted octanol–water partition coefficient (Wildman–Crippen LogP) is 2.27. The van der Waals surface area contributed by atoms with E-state index in [4.69, 9.17) is 5.11 Å². The molecule has 2 N–H and O–H groups in total. The summed E-state index contributed by atoms with van der Waals surface area (Å²) in [6.45, 7) is 4.06. The second-order valence-corrected chi connectivity index (χ2v) is 6.66. The SMILES string of the molecule is CC(C(=O)NCc1ccc(C(=O)O)cc1)N1CCC(c2cccnc2)C1. The average Bonchev–Trinajstić information content (AvgIpc) is 3.16. The number of amides is 1. The zero-order valence-corrected chi connectivity index (χ0v) is 14.8. The fraction of sp³-hybridized carbons (Fsp3) is 0.350. The van der Waals surface area contributed by atoms with Crippen LogP contribution in [0.15, 0.2) is 48.8 Å². The van der Waals surface area contributed by atoms with Gasteiger partial charge in [-0.1, -0.05) is 18.2 Å². The summed E-state index contributed by atoms with van der Waals surface area (Å²) in [5, 5.41) is 11.9. The molecule has 1 aromatic carbocycles. The van der Waals surface area contributed by atoms with Gasteiger partial charge in [0.15, 0.2) is 0 Å². The second kappa shape index (κ2) is 8.10. The number of pyridine rings is 1. The van der Waals surface area contributed by atoms with Gasteiger partial charge in [-0.05, 0) is 55.1 Å². The highest BCUT2D eigenvalue weighted by Crippen LogP contribution is 2.27. The van der Waals surface area contributed by atoms with Gasteiger partial charge in [0.05, 0.1) is 11.6 Å². The molecule has 0 radical (unpaired) electrons. The number of aromatic carboxylic acids is 1. The molecule has 0 spiro atoms. The highest BCUT2D eigenvalue weighted by atomic mass is 16.4. The fourth-order valence-corrected chi connectivity index (χ4v) is 3.30. The maximum atomic E-state index is 12.5. The minimum atomic E-state index is -0.952. The molecule has 2 aromatic rings. The molecule has 1 aliphatic rings. The summed E-state index contributed by atoms with van der Waals surface area (Å²) in [6, 6.07) is 10.4. The number of likely N-dealkylation sites (tertiary alicyclic amines) is 1. The Labute approximate surface area is 152 Å². The number of carboxylic acids is 1. The minimum absolute atomic E-state index is 0.0147. The van der Waals surface area contributed by atoms with Crippen molar-refractivity contribution in [2.75, 3.05) is 13.1 Å². The van der Waals surface area contributed by atoms with Gasteiger partial charge in [0.25, 0.3) is 0 Å². The molecule has 1 amide bonds. The summed E-state index contributed by atoms with van der Waals surface area (Å²) in [6.07, 6.45) is 4.70. The second-order valence-electron chi connectivity index (χ2n) is 6.66. The molecular weight excluding hydrogens is 330 g/mol. The summed E-state index contributed by atoms with van der Waals surface area (Å²) in [5.74, 6) is -0.548. The van der Waals surface area contributed by atoms with Crippen molar-refractivity contribution in [3.05, 3.63) is 65.5 Å². The number of rotatable bonds is 6. The lowest BCUT2D eigenvalue weighted by Gasteiger charge is -2.23. The van der Waals surface area contributed by atoms with Crippen LogP contribution in [0.5, 0.6) is 0 Å². The number of nitrogens with zero attached hydrogens (tertiary/aromatic N) is 2. The molecule has 2 heterocycles. The van der Waals surface area contributed by atoms with Crippen LogP contribution in [-0.4, -0.2) is 46.0 Å². The molecule has 1 saturated heterocycles. The lowest BCUT2D eigenvalue weighted by atomic mass is 10.0. The van der Waals surface area contributed by atoms with Gasteiger partial charge in [0.1, 0.15) is 0 Å². The van der Waals surface area contributed by atoms with E-state index in [0.717, 1.165) is 25.1 Å². The molecular formula is C20H23N3O3. The van der Waals surface area contributed by atoms with Gasteiger partial charge < -0.3 is 10.4 Å². The smallest absolute Gasteiger partial charge is 0.335 e. The summed E-state index contributed by atoms with van der Waals surface area (Å²) in [7, 11) is 0. The van der Waals surface area contributed by atoms with Crippen molar-refractivity contribution in [1.29, 1.82) is 0 Å². The zero-order chi connectivity index (χ0) is 18.5. The standard InChI is InChI=1S/C20H23N3O3/c1-14(23-10-8-18(13-23)17-3-2-9-21-12-17)19(24)22-11-15-4-6-16(7-5-15)20(25)26/h2-7,9,12,14,18H,8,10-11,13H2,1H3,(H,22,24)(H,25,26). The monoisotopic (exact) mass is 353 g/mol. The summed E-state index contributed by atoms with van der Waals surface area (Å²) in [4.78, 5) is 29.7. The average molecular weight is 353 g/mol. The highest BCUT2D eigenvalue weighted by molar-refractivity contribution is 5.87. The van der Waals surface area contributed by atoms with Gasteiger partial charge in [-0.2, -0.15) is 0 Å². The molecule has 1 aliphatic heterocycles. The molecule has 6 heteroatoms. The quantitative estimate of drug-likeness (QED) is 0.832. The topological polar surface area (TPSA) is 82.5 Å². The Morgan fingerprint density at radius 1 is 1.31 bits per heavy atom. The number of carbonyl (C=O) groups is 2. The number of carbonyl (C=O) groups excluding carboxylic acids is 1. The molecule has 6 nitrogen and oxygen atoms in total. The fourth-order valence-electron chi connectivity index (χ4n) is 3.30. The van der Waals surface area contributed by atoms with Gasteiger partial charge in [0, 0.05) is 25.5 Å². The summed E-state index contributed by atoms with van der Waals surface area (Å²) >= 11 is 0. The Morgan fingerprint density at radius 3 is 2.73 bits per heavy atom. The number of benzene rings is 1. The van der Waals surface area contributed by atoms with Gasteiger partial charge in [-0.15, -0.1) is 0 Å². The number of hydrogen-bond acceptors (Lipinski definition) is 4. The van der Waals surface area contributed by atoms with E-state index in [1.165, 1.54) is 5.56 Å². The van der Waals surface area contributed by atoms with E-state index in [-0.39, 0.29) is 17.5 Å². The molecule has 1 fully saturated rings. The van der Waals surface area contributed by atoms with Crippen LogP contribution in [0, 0.1) is 0 Å². The number of hydrogen-bond donors (Lipinski definition) is 2. The first-order valence-corrected chi connectivity index (χ1v) is 8.78. The molecule has 0 saturated carbocycles. The van der Waals surface area contributed by atoms with Crippen LogP contribution >= 0.6 is 0 Å². The molecule has 1 aromatic heterocycles. The lowest BCUT2D eigenvalue weighted by molar-refractivity contribution is -0.125. The maximum absolute atomic E-state index is 12.5. The largest absolute Gasteiger partial charge is 0.478 e. The van der Waals surface area contributed by atoms with Crippen molar-refractivity contribution in [3.8, 4) is 0 Å². The van der Waals surface area contributed by atoms with E-state index in [9.17, 15) is 9.59 Å². The Morgan fingerprint density at radius 2 is 2.08 bits per heavy atom. The minimum Gasteiger partial charge on any atom is -0.478 e. The Hall–Kier alpha value is -2.73.